The molecule has 0 aliphatic carbocycles. The minimum atomic E-state index is -0.0631. The highest BCUT2D eigenvalue weighted by Crippen LogP contribution is 2.07. The summed E-state index contributed by atoms with van der Waals surface area (Å²) < 4.78 is 0. The molecule has 10 heavy (non-hydrogen) atoms. The van der Waals surface area contributed by atoms with E-state index >= 15 is 0 Å². The maximum Gasteiger partial charge on any atom is 0.114 e. The van der Waals surface area contributed by atoms with E-state index in [0.717, 1.165) is 0 Å². The Hall–Kier alpha value is -0.465. The third-order valence-corrected chi connectivity index (χ3v) is 1.51. The molecule has 1 aromatic rings. The molecule has 0 spiro atoms. The molecule has 1 N–H and O–H groups in total. The molecule has 0 unspecified atom stereocenters. The molecule has 3 heteroatoms. The van der Waals surface area contributed by atoms with Gasteiger partial charge in [-0.15, -0.1) is 0 Å². The van der Waals surface area contributed by atoms with Crippen molar-refractivity contribution in [2.45, 2.75) is 6.61 Å². The van der Waals surface area contributed by atoms with Crippen molar-refractivity contribution in [3.8, 4) is 0 Å². The summed E-state index contributed by atoms with van der Waals surface area (Å²) in [7, 11) is 5.48. The number of aliphatic hydroxyl groups is 1. The Kier molecular flexibility index (Phi) is 2.36. The van der Waals surface area contributed by atoms with Crippen molar-refractivity contribution in [3.63, 3.8) is 0 Å². The summed E-state index contributed by atoms with van der Waals surface area (Å²) >= 11 is 5.63. The van der Waals surface area contributed by atoms with Crippen LogP contribution in [0.4, 0.5) is 0 Å². The van der Waals surface area contributed by atoms with Gasteiger partial charge in [-0.25, -0.2) is 0 Å². The van der Waals surface area contributed by atoms with Gasteiger partial charge in [-0.3, -0.25) is 0 Å². The van der Waals surface area contributed by atoms with E-state index in [4.69, 9.17) is 24.6 Å². The number of aliphatic hydroxyl groups excluding tert-OH is 1. The Balaban J connectivity index is 3.09. The predicted octanol–water partition coefficient (Wildman–Crippen LogP) is 0.626. The summed E-state index contributed by atoms with van der Waals surface area (Å²) in [6, 6.07) is 5.01. The van der Waals surface area contributed by atoms with Crippen molar-refractivity contribution < 1.29 is 5.11 Å². The van der Waals surface area contributed by atoms with Crippen LogP contribution in [0.15, 0.2) is 18.2 Å². The average Bonchev–Trinajstić information content (AvgIpc) is 1.94. The number of halogens is 1. The third kappa shape index (κ3) is 1.52. The fraction of sp³-hybridized carbons (Fsp3) is 0.143. The summed E-state index contributed by atoms with van der Waals surface area (Å²) in [5.41, 5.74) is 1.25. The predicted molar refractivity (Wildman–Crippen MR) is 42.8 cm³/mol. The van der Waals surface area contributed by atoms with E-state index in [1.54, 1.807) is 18.2 Å². The van der Waals surface area contributed by atoms with Crippen molar-refractivity contribution in [1.82, 2.24) is 0 Å². The van der Waals surface area contributed by atoms with Crippen molar-refractivity contribution in [1.29, 1.82) is 0 Å². The number of rotatable bonds is 1. The molecule has 1 nitrogen and oxygen atoms in total. The lowest BCUT2D eigenvalue weighted by atomic mass is 9.91. The molecular weight excluding hydrogens is 146 g/mol. The maximum absolute atomic E-state index is 8.70. The quantitative estimate of drug-likeness (QED) is 0.585. The minimum absolute atomic E-state index is 0.0631. The molecule has 0 amide bonds. The molecule has 0 saturated heterocycles. The first-order chi connectivity index (χ1) is 4.74. The smallest absolute Gasteiger partial charge is 0.114 e. The lowest BCUT2D eigenvalue weighted by molar-refractivity contribution is 0.283. The lowest BCUT2D eigenvalue weighted by Gasteiger charge is -2.01. The summed E-state index contributed by atoms with van der Waals surface area (Å²) in [5.74, 6) is 0. The Morgan fingerprint density at radius 3 is 2.70 bits per heavy atom. The first kappa shape index (κ1) is 7.64. The molecule has 0 aromatic heterocycles. The van der Waals surface area contributed by atoms with Crippen molar-refractivity contribution in [2.75, 3.05) is 0 Å². The molecule has 50 valence electrons. The average molecular weight is 152 g/mol. The molecule has 0 atom stereocenters. The first-order valence-electron chi connectivity index (χ1n) is 2.89. The molecule has 0 aliphatic rings. The van der Waals surface area contributed by atoms with Crippen LogP contribution in [0, 0.1) is 0 Å². The molecule has 0 saturated carbocycles. The van der Waals surface area contributed by atoms with Gasteiger partial charge < -0.3 is 5.11 Å². The minimum Gasteiger partial charge on any atom is -0.392 e. The Labute approximate surface area is 66.0 Å². The zero-order chi connectivity index (χ0) is 7.56. The molecule has 1 rings (SSSR count). The second-order valence-corrected chi connectivity index (χ2v) is 2.44. The van der Waals surface area contributed by atoms with E-state index in [1.165, 1.54) is 0 Å². The molecule has 2 radical (unpaired) electrons. The van der Waals surface area contributed by atoms with Gasteiger partial charge in [0.2, 0.25) is 0 Å². The van der Waals surface area contributed by atoms with Gasteiger partial charge in [0.05, 0.1) is 6.61 Å². The van der Waals surface area contributed by atoms with E-state index in [1.807, 2.05) is 0 Å². The van der Waals surface area contributed by atoms with Crippen LogP contribution in [0.5, 0.6) is 0 Å². The molecule has 0 heterocycles. The molecule has 0 aliphatic heterocycles. The van der Waals surface area contributed by atoms with Gasteiger partial charge in [0.1, 0.15) is 7.85 Å². The standard InChI is InChI=1S/C7H6BClO/c8-7-2-1-6(9)3-5(7)4-10/h1-3,10H,4H2. The first-order valence-corrected chi connectivity index (χ1v) is 3.26. The van der Waals surface area contributed by atoms with Crippen LogP contribution in [0.2, 0.25) is 5.02 Å². The molecule has 1 aromatic carbocycles. The van der Waals surface area contributed by atoms with Gasteiger partial charge >= 0.3 is 0 Å². The monoisotopic (exact) mass is 152 g/mol. The van der Waals surface area contributed by atoms with Crippen molar-refractivity contribution in [2.24, 2.45) is 0 Å². The second-order valence-electron chi connectivity index (χ2n) is 2.00. The summed E-state index contributed by atoms with van der Waals surface area (Å²) in [6.45, 7) is -0.0631. The highest BCUT2D eigenvalue weighted by molar-refractivity contribution is 6.35. The van der Waals surface area contributed by atoms with E-state index in [2.05, 4.69) is 0 Å². The molecule has 0 bridgehead atoms. The largest absolute Gasteiger partial charge is 0.392 e. The van der Waals surface area contributed by atoms with Gasteiger partial charge in [-0.2, -0.15) is 0 Å². The lowest BCUT2D eigenvalue weighted by Crippen LogP contribution is -2.09. The maximum atomic E-state index is 8.70. The van der Waals surface area contributed by atoms with Gasteiger partial charge in [-0.1, -0.05) is 23.1 Å². The third-order valence-electron chi connectivity index (χ3n) is 1.28. The van der Waals surface area contributed by atoms with Crippen LogP contribution in [0.1, 0.15) is 5.56 Å². The number of benzene rings is 1. The van der Waals surface area contributed by atoms with E-state index in [9.17, 15) is 0 Å². The van der Waals surface area contributed by atoms with Crippen molar-refractivity contribution in [3.05, 3.63) is 28.8 Å². The SMILES string of the molecule is [B]c1ccc(Cl)cc1CO. The van der Waals surface area contributed by atoms with Gasteiger partial charge in [0, 0.05) is 5.02 Å². The zero-order valence-corrected chi connectivity index (χ0v) is 6.10. The zero-order valence-electron chi connectivity index (χ0n) is 5.34. The van der Waals surface area contributed by atoms with Crippen LogP contribution in [0.25, 0.3) is 0 Å². The second kappa shape index (κ2) is 3.08. The normalized spacial score (nSPS) is 9.80. The van der Waals surface area contributed by atoms with E-state index in [0.29, 0.717) is 16.0 Å². The Bertz CT molecular complexity index is 237. The highest BCUT2D eigenvalue weighted by atomic mass is 35.5. The van der Waals surface area contributed by atoms with Gasteiger partial charge in [0.15, 0.2) is 0 Å². The fourth-order valence-electron chi connectivity index (χ4n) is 0.711. The van der Waals surface area contributed by atoms with Crippen LogP contribution in [-0.4, -0.2) is 13.0 Å². The Morgan fingerprint density at radius 1 is 1.50 bits per heavy atom. The fourth-order valence-corrected chi connectivity index (χ4v) is 0.906. The van der Waals surface area contributed by atoms with E-state index < -0.39 is 0 Å². The summed E-state index contributed by atoms with van der Waals surface area (Å²) in [4.78, 5) is 0. The van der Waals surface area contributed by atoms with Crippen LogP contribution < -0.4 is 5.46 Å². The summed E-state index contributed by atoms with van der Waals surface area (Å²) in [5, 5.41) is 9.30. The molecule has 0 fully saturated rings. The van der Waals surface area contributed by atoms with Crippen LogP contribution >= 0.6 is 11.6 Å². The van der Waals surface area contributed by atoms with Crippen molar-refractivity contribution >= 4 is 24.9 Å². The number of hydrogen-bond acceptors (Lipinski definition) is 1. The van der Waals surface area contributed by atoms with Gasteiger partial charge in [-0.05, 0) is 17.7 Å². The highest BCUT2D eigenvalue weighted by Gasteiger charge is 1.95. The Morgan fingerprint density at radius 2 is 2.20 bits per heavy atom. The van der Waals surface area contributed by atoms with Gasteiger partial charge in [0.25, 0.3) is 0 Å². The topological polar surface area (TPSA) is 20.2 Å². The van der Waals surface area contributed by atoms with E-state index in [-0.39, 0.29) is 6.61 Å². The molecular formula is C7H6BClO. The number of hydrogen-bond donors (Lipinski definition) is 1. The van der Waals surface area contributed by atoms with Crippen LogP contribution in [-0.2, 0) is 6.61 Å². The summed E-state index contributed by atoms with van der Waals surface area (Å²) in [6.07, 6.45) is 0. The van der Waals surface area contributed by atoms with Crippen LogP contribution in [0.3, 0.4) is 0 Å².